The van der Waals surface area contributed by atoms with E-state index in [4.69, 9.17) is 5.73 Å². The number of hydrogen-bond donors (Lipinski definition) is 2. The lowest BCUT2D eigenvalue weighted by Crippen LogP contribution is -2.22. The average Bonchev–Trinajstić information content (AvgIpc) is 3.11. The second-order valence-corrected chi connectivity index (χ2v) is 9.83. The molecule has 1 fully saturated rings. The lowest BCUT2D eigenvalue weighted by Gasteiger charge is -2.21. The SMILES string of the molecule is CCc1ccc(-c2cc(C(N)=O)c3[nH]cc(C4CCS(=O)(=O)CC4)c3c2)cc1. The molecule has 3 N–H and O–H groups in total. The van der Waals surface area contributed by atoms with Gasteiger partial charge in [-0.3, -0.25) is 4.79 Å². The van der Waals surface area contributed by atoms with Crippen molar-refractivity contribution in [3.63, 3.8) is 0 Å². The summed E-state index contributed by atoms with van der Waals surface area (Å²) in [6, 6.07) is 12.2. The summed E-state index contributed by atoms with van der Waals surface area (Å²) < 4.78 is 23.6. The van der Waals surface area contributed by atoms with E-state index in [0.717, 1.165) is 34.0 Å². The zero-order valence-corrected chi connectivity index (χ0v) is 16.7. The van der Waals surface area contributed by atoms with Crippen molar-refractivity contribution >= 4 is 26.6 Å². The third-order valence-corrected chi connectivity index (χ3v) is 7.49. The molecule has 0 aliphatic carbocycles. The molecule has 1 saturated heterocycles. The second-order valence-electron chi connectivity index (χ2n) is 7.53. The molecule has 2 aromatic carbocycles. The molecule has 1 amide bonds. The van der Waals surface area contributed by atoms with Crippen LogP contribution in [0.2, 0.25) is 0 Å². The summed E-state index contributed by atoms with van der Waals surface area (Å²) in [7, 11) is -2.92. The minimum Gasteiger partial charge on any atom is -0.366 e. The van der Waals surface area contributed by atoms with Crippen LogP contribution in [0.4, 0.5) is 0 Å². The Morgan fingerprint density at radius 1 is 1.11 bits per heavy atom. The van der Waals surface area contributed by atoms with Crippen LogP contribution in [0.5, 0.6) is 0 Å². The Hall–Kier alpha value is -2.60. The Bertz CT molecular complexity index is 1130. The van der Waals surface area contributed by atoms with Crippen molar-refractivity contribution in [1.82, 2.24) is 4.98 Å². The summed E-state index contributed by atoms with van der Waals surface area (Å²) in [5.41, 5.74) is 11.1. The van der Waals surface area contributed by atoms with E-state index in [9.17, 15) is 13.2 Å². The minimum atomic E-state index is -2.92. The van der Waals surface area contributed by atoms with Gasteiger partial charge in [-0.1, -0.05) is 31.2 Å². The first-order valence-corrected chi connectivity index (χ1v) is 11.4. The minimum absolute atomic E-state index is 0.163. The molecule has 0 saturated carbocycles. The van der Waals surface area contributed by atoms with E-state index in [2.05, 4.69) is 42.2 Å². The molecule has 3 aromatic rings. The van der Waals surface area contributed by atoms with Gasteiger partial charge < -0.3 is 10.7 Å². The number of nitrogens with one attached hydrogen (secondary N) is 1. The molecule has 0 spiro atoms. The van der Waals surface area contributed by atoms with Gasteiger partial charge in [0.05, 0.1) is 22.6 Å². The fourth-order valence-corrected chi connectivity index (χ4v) is 5.58. The molecule has 4 rings (SSSR count). The molecule has 146 valence electrons. The molecule has 0 radical (unpaired) electrons. The van der Waals surface area contributed by atoms with Crippen molar-refractivity contribution < 1.29 is 13.2 Å². The van der Waals surface area contributed by atoms with E-state index in [1.165, 1.54) is 5.56 Å². The zero-order chi connectivity index (χ0) is 19.9. The number of carbonyl (C=O) groups excluding carboxylic acids is 1. The number of primary amides is 1. The van der Waals surface area contributed by atoms with Gasteiger partial charge in [0, 0.05) is 11.6 Å². The van der Waals surface area contributed by atoms with Crippen molar-refractivity contribution in [2.45, 2.75) is 32.1 Å². The number of nitrogens with two attached hydrogens (primary N) is 1. The van der Waals surface area contributed by atoms with Crippen molar-refractivity contribution in [3.8, 4) is 11.1 Å². The third kappa shape index (κ3) is 3.44. The highest BCUT2D eigenvalue weighted by Gasteiger charge is 2.27. The third-order valence-electron chi connectivity index (χ3n) is 5.78. The number of rotatable bonds is 4. The van der Waals surface area contributed by atoms with E-state index in [-0.39, 0.29) is 17.4 Å². The van der Waals surface area contributed by atoms with Gasteiger partial charge in [-0.25, -0.2) is 8.42 Å². The van der Waals surface area contributed by atoms with Crippen LogP contribution in [0.1, 0.15) is 47.2 Å². The highest BCUT2D eigenvalue weighted by Crippen LogP contribution is 2.37. The second kappa shape index (κ2) is 7.09. The molecular weight excluding hydrogens is 372 g/mol. The van der Waals surface area contributed by atoms with Gasteiger partial charge in [-0.15, -0.1) is 0 Å². The van der Waals surface area contributed by atoms with E-state index in [0.29, 0.717) is 18.4 Å². The number of H-pyrrole nitrogens is 1. The number of sulfone groups is 1. The number of aryl methyl sites for hydroxylation is 1. The van der Waals surface area contributed by atoms with Crippen LogP contribution in [0.3, 0.4) is 0 Å². The summed E-state index contributed by atoms with van der Waals surface area (Å²) in [4.78, 5) is 15.3. The average molecular weight is 397 g/mol. The fraction of sp³-hybridized carbons (Fsp3) is 0.318. The standard InChI is InChI=1S/C22H24N2O3S/c1-2-14-3-5-15(6-4-14)17-11-18-20(16-7-9-28(26,27)10-8-16)13-24-21(18)19(12-17)22(23)25/h3-6,11-13,16,24H,2,7-10H2,1H3,(H2,23,25). The molecular formula is C22H24N2O3S. The molecule has 2 heterocycles. The maximum atomic E-state index is 12.1. The number of carbonyl (C=O) groups is 1. The summed E-state index contributed by atoms with van der Waals surface area (Å²) in [5.74, 6) is 0.114. The van der Waals surface area contributed by atoms with Crippen LogP contribution in [-0.2, 0) is 16.3 Å². The molecule has 0 bridgehead atoms. The lowest BCUT2D eigenvalue weighted by atomic mass is 9.90. The normalized spacial score (nSPS) is 17.0. The maximum absolute atomic E-state index is 12.1. The van der Waals surface area contributed by atoms with E-state index < -0.39 is 15.7 Å². The van der Waals surface area contributed by atoms with Crippen LogP contribution in [-0.4, -0.2) is 30.8 Å². The molecule has 28 heavy (non-hydrogen) atoms. The van der Waals surface area contributed by atoms with Gasteiger partial charge >= 0.3 is 0 Å². The summed E-state index contributed by atoms with van der Waals surface area (Å²) in [6.45, 7) is 2.11. The topological polar surface area (TPSA) is 93.0 Å². The van der Waals surface area contributed by atoms with Gasteiger partial charge in [0.25, 0.3) is 5.91 Å². The lowest BCUT2D eigenvalue weighted by molar-refractivity contribution is 0.100. The predicted molar refractivity (Wildman–Crippen MR) is 112 cm³/mol. The van der Waals surface area contributed by atoms with E-state index in [1.54, 1.807) is 0 Å². The van der Waals surface area contributed by atoms with Crippen molar-refractivity contribution in [2.75, 3.05) is 11.5 Å². The van der Waals surface area contributed by atoms with Crippen LogP contribution in [0, 0.1) is 0 Å². The number of aromatic nitrogens is 1. The quantitative estimate of drug-likeness (QED) is 0.703. The molecule has 1 aliphatic heterocycles. The zero-order valence-electron chi connectivity index (χ0n) is 15.9. The predicted octanol–water partition coefficient (Wildman–Crippen LogP) is 3.79. The summed E-state index contributed by atoms with van der Waals surface area (Å²) in [5, 5.41) is 0.954. The van der Waals surface area contributed by atoms with Crippen molar-refractivity contribution in [3.05, 3.63) is 59.3 Å². The highest BCUT2D eigenvalue weighted by molar-refractivity contribution is 7.91. The Labute approximate surface area is 164 Å². The summed E-state index contributed by atoms with van der Waals surface area (Å²) in [6.07, 6.45) is 4.09. The van der Waals surface area contributed by atoms with Gasteiger partial charge in [-0.2, -0.15) is 0 Å². The maximum Gasteiger partial charge on any atom is 0.250 e. The van der Waals surface area contributed by atoms with Crippen LogP contribution in [0.25, 0.3) is 22.0 Å². The van der Waals surface area contributed by atoms with Crippen LogP contribution >= 0.6 is 0 Å². The van der Waals surface area contributed by atoms with Crippen LogP contribution < -0.4 is 5.73 Å². The molecule has 1 aromatic heterocycles. The smallest absolute Gasteiger partial charge is 0.250 e. The Balaban J connectivity index is 1.82. The first-order valence-electron chi connectivity index (χ1n) is 9.62. The summed E-state index contributed by atoms with van der Waals surface area (Å²) >= 11 is 0. The first kappa shape index (κ1) is 18.7. The van der Waals surface area contributed by atoms with Gasteiger partial charge in [0.1, 0.15) is 9.84 Å². The van der Waals surface area contributed by atoms with Gasteiger partial charge in [-0.05, 0) is 59.6 Å². The number of fused-ring (bicyclic) bond motifs is 1. The molecule has 0 atom stereocenters. The number of amides is 1. The molecule has 1 aliphatic rings. The van der Waals surface area contributed by atoms with Gasteiger partial charge in [0.2, 0.25) is 0 Å². The van der Waals surface area contributed by atoms with Gasteiger partial charge in [0.15, 0.2) is 0 Å². The molecule has 5 nitrogen and oxygen atoms in total. The molecule has 6 heteroatoms. The number of aromatic amines is 1. The Morgan fingerprint density at radius 3 is 2.39 bits per heavy atom. The fourth-order valence-electron chi connectivity index (χ4n) is 4.09. The monoisotopic (exact) mass is 396 g/mol. The Kier molecular flexibility index (Phi) is 4.75. The molecule has 0 unspecified atom stereocenters. The Morgan fingerprint density at radius 2 is 1.79 bits per heavy atom. The highest BCUT2D eigenvalue weighted by atomic mass is 32.2. The van der Waals surface area contributed by atoms with E-state index in [1.807, 2.05) is 12.3 Å². The van der Waals surface area contributed by atoms with Crippen LogP contribution in [0.15, 0.2) is 42.6 Å². The number of hydrogen-bond acceptors (Lipinski definition) is 3. The van der Waals surface area contributed by atoms with Crippen molar-refractivity contribution in [2.24, 2.45) is 5.73 Å². The largest absolute Gasteiger partial charge is 0.366 e. The first-order chi connectivity index (χ1) is 13.4. The van der Waals surface area contributed by atoms with Crippen molar-refractivity contribution in [1.29, 1.82) is 0 Å². The van der Waals surface area contributed by atoms with E-state index >= 15 is 0 Å². The number of benzene rings is 2.